The van der Waals surface area contributed by atoms with Crippen molar-refractivity contribution in [2.45, 2.75) is 6.43 Å². The third kappa shape index (κ3) is 1.77. The van der Waals surface area contributed by atoms with Crippen LogP contribution in [0, 0.1) is 0 Å². The number of halogens is 3. The first-order chi connectivity index (χ1) is 5.11. The lowest BCUT2D eigenvalue weighted by molar-refractivity contribution is 0.152. The van der Waals surface area contributed by atoms with Crippen molar-refractivity contribution in [3.8, 4) is 0 Å². The van der Waals surface area contributed by atoms with E-state index in [0.29, 0.717) is 0 Å². The average Bonchev–Trinajstić information content (AvgIpc) is 1.85. The molecule has 1 aromatic heterocycles. The van der Waals surface area contributed by atoms with E-state index in [-0.39, 0.29) is 16.4 Å². The van der Waals surface area contributed by atoms with E-state index < -0.39 is 6.43 Å². The molecule has 0 atom stereocenters. The summed E-state index contributed by atoms with van der Waals surface area (Å²) < 4.78 is 24.0. The molecule has 0 aromatic carbocycles. The minimum absolute atomic E-state index is 0.0278. The Balaban J connectivity index is 3.09. The quantitative estimate of drug-likeness (QED) is 0.670. The second kappa shape index (κ2) is 3.00. The SMILES string of the molecule is Nc1cc(Cl)ncc1C(F)F. The molecule has 0 radical (unpaired) electrons. The van der Waals surface area contributed by atoms with Crippen molar-refractivity contribution in [2.75, 3.05) is 5.73 Å². The van der Waals surface area contributed by atoms with E-state index in [0.717, 1.165) is 6.20 Å². The molecule has 0 aliphatic heterocycles. The Morgan fingerprint density at radius 1 is 1.55 bits per heavy atom. The highest BCUT2D eigenvalue weighted by Crippen LogP contribution is 2.25. The third-order valence-electron chi connectivity index (χ3n) is 1.17. The Morgan fingerprint density at radius 2 is 2.18 bits per heavy atom. The number of rotatable bonds is 1. The van der Waals surface area contributed by atoms with Crippen molar-refractivity contribution < 1.29 is 8.78 Å². The summed E-state index contributed by atoms with van der Waals surface area (Å²) >= 11 is 5.39. The summed E-state index contributed by atoms with van der Waals surface area (Å²) in [5, 5.41) is 0.118. The molecule has 0 bridgehead atoms. The lowest BCUT2D eigenvalue weighted by Gasteiger charge is -2.02. The molecule has 11 heavy (non-hydrogen) atoms. The summed E-state index contributed by atoms with van der Waals surface area (Å²) in [5.74, 6) is 0. The molecule has 1 aromatic rings. The molecule has 60 valence electrons. The largest absolute Gasteiger partial charge is 0.398 e. The van der Waals surface area contributed by atoms with Gasteiger partial charge in [-0.05, 0) is 6.07 Å². The fourth-order valence-corrected chi connectivity index (χ4v) is 0.803. The van der Waals surface area contributed by atoms with Crippen molar-refractivity contribution in [2.24, 2.45) is 0 Å². The average molecular weight is 179 g/mol. The Labute approximate surface area is 67.0 Å². The zero-order valence-corrected chi connectivity index (χ0v) is 6.15. The van der Waals surface area contributed by atoms with Crippen LogP contribution in [0.25, 0.3) is 0 Å². The minimum Gasteiger partial charge on any atom is -0.398 e. The highest BCUT2D eigenvalue weighted by atomic mass is 35.5. The molecule has 0 amide bonds. The molecule has 0 saturated carbocycles. The van der Waals surface area contributed by atoms with Gasteiger partial charge in [-0.1, -0.05) is 11.6 Å². The van der Waals surface area contributed by atoms with Crippen molar-refractivity contribution in [1.29, 1.82) is 0 Å². The molecule has 0 unspecified atom stereocenters. The van der Waals surface area contributed by atoms with E-state index in [1.807, 2.05) is 0 Å². The molecule has 0 saturated heterocycles. The monoisotopic (exact) mass is 178 g/mol. The van der Waals surface area contributed by atoms with Crippen molar-refractivity contribution in [3.63, 3.8) is 0 Å². The first kappa shape index (κ1) is 8.20. The summed E-state index contributed by atoms with van der Waals surface area (Å²) in [4.78, 5) is 3.47. The van der Waals surface area contributed by atoms with Crippen molar-refractivity contribution >= 4 is 17.3 Å². The molecule has 2 nitrogen and oxygen atoms in total. The summed E-state index contributed by atoms with van der Waals surface area (Å²) in [5.41, 5.74) is 4.91. The van der Waals surface area contributed by atoms with Crippen LogP contribution in [0.1, 0.15) is 12.0 Å². The van der Waals surface area contributed by atoms with Gasteiger partial charge in [0.1, 0.15) is 5.15 Å². The number of alkyl halides is 2. The standard InChI is InChI=1S/C6H5ClF2N2/c7-5-1-4(10)3(2-11-5)6(8)9/h1-2,6H,(H2,10,11). The van der Waals surface area contributed by atoms with E-state index >= 15 is 0 Å². The van der Waals surface area contributed by atoms with Crippen LogP contribution in [0.2, 0.25) is 5.15 Å². The van der Waals surface area contributed by atoms with Gasteiger partial charge in [0.2, 0.25) is 0 Å². The maximum Gasteiger partial charge on any atom is 0.267 e. The first-order valence-electron chi connectivity index (χ1n) is 2.80. The molecule has 5 heteroatoms. The Morgan fingerprint density at radius 3 is 2.64 bits per heavy atom. The zero-order valence-electron chi connectivity index (χ0n) is 5.39. The Hall–Kier alpha value is -0.900. The highest BCUT2D eigenvalue weighted by Gasteiger charge is 2.11. The van der Waals surface area contributed by atoms with Gasteiger partial charge in [-0.25, -0.2) is 13.8 Å². The van der Waals surface area contributed by atoms with Gasteiger partial charge in [-0.15, -0.1) is 0 Å². The number of hydrogen-bond donors (Lipinski definition) is 1. The highest BCUT2D eigenvalue weighted by molar-refractivity contribution is 6.29. The lowest BCUT2D eigenvalue weighted by Crippen LogP contribution is -1.95. The lowest BCUT2D eigenvalue weighted by atomic mass is 10.2. The number of hydrogen-bond acceptors (Lipinski definition) is 2. The summed E-state index contributed by atoms with van der Waals surface area (Å²) in [6, 6.07) is 1.20. The topological polar surface area (TPSA) is 38.9 Å². The van der Waals surface area contributed by atoms with E-state index in [2.05, 4.69) is 4.98 Å². The molecule has 0 fully saturated rings. The van der Waals surface area contributed by atoms with Gasteiger partial charge in [0.25, 0.3) is 6.43 Å². The maximum absolute atomic E-state index is 12.0. The van der Waals surface area contributed by atoms with Gasteiger partial charge >= 0.3 is 0 Å². The van der Waals surface area contributed by atoms with Gasteiger partial charge in [-0.2, -0.15) is 0 Å². The fourth-order valence-electron chi connectivity index (χ4n) is 0.637. The van der Waals surface area contributed by atoms with E-state index in [4.69, 9.17) is 17.3 Å². The first-order valence-corrected chi connectivity index (χ1v) is 3.18. The van der Waals surface area contributed by atoms with Gasteiger partial charge in [-0.3, -0.25) is 0 Å². The summed E-state index contributed by atoms with van der Waals surface area (Å²) in [7, 11) is 0. The van der Waals surface area contributed by atoms with Crippen LogP contribution in [0.5, 0.6) is 0 Å². The van der Waals surface area contributed by atoms with Crippen LogP contribution in [0.3, 0.4) is 0 Å². The number of anilines is 1. The third-order valence-corrected chi connectivity index (χ3v) is 1.38. The predicted octanol–water partition coefficient (Wildman–Crippen LogP) is 2.25. The molecule has 1 heterocycles. The molecule has 0 spiro atoms. The Kier molecular flexibility index (Phi) is 2.24. The molecular formula is C6H5ClF2N2. The minimum atomic E-state index is -2.60. The zero-order chi connectivity index (χ0) is 8.43. The smallest absolute Gasteiger partial charge is 0.267 e. The second-order valence-corrected chi connectivity index (χ2v) is 2.32. The number of aromatic nitrogens is 1. The molecule has 2 N–H and O–H groups in total. The molecular weight excluding hydrogens is 174 g/mol. The van der Waals surface area contributed by atoms with Gasteiger partial charge in [0.05, 0.1) is 5.56 Å². The number of nitrogens with zero attached hydrogens (tertiary/aromatic N) is 1. The molecule has 0 aliphatic carbocycles. The van der Waals surface area contributed by atoms with E-state index in [9.17, 15) is 8.78 Å². The second-order valence-electron chi connectivity index (χ2n) is 1.94. The Bertz CT molecular complexity index is 265. The number of nitrogen functional groups attached to an aromatic ring is 1. The van der Waals surface area contributed by atoms with Crippen LogP contribution in [0.15, 0.2) is 12.3 Å². The summed E-state index contributed by atoms with van der Waals surface area (Å²) in [6.07, 6.45) is -1.62. The molecule has 0 aliphatic rings. The van der Waals surface area contributed by atoms with Gasteiger partial charge in [0.15, 0.2) is 0 Å². The molecule has 1 rings (SSSR count). The van der Waals surface area contributed by atoms with E-state index in [1.165, 1.54) is 6.07 Å². The van der Waals surface area contributed by atoms with Gasteiger partial charge < -0.3 is 5.73 Å². The van der Waals surface area contributed by atoms with Gasteiger partial charge in [0, 0.05) is 11.9 Å². The van der Waals surface area contributed by atoms with Crippen molar-refractivity contribution in [3.05, 3.63) is 23.0 Å². The number of nitrogens with two attached hydrogens (primary N) is 1. The number of pyridine rings is 1. The predicted molar refractivity (Wildman–Crippen MR) is 38.6 cm³/mol. The summed E-state index contributed by atoms with van der Waals surface area (Å²) in [6.45, 7) is 0. The maximum atomic E-state index is 12.0. The normalized spacial score (nSPS) is 10.5. The van der Waals surface area contributed by atoms with E-state index in [1.54, 1.807) is 0 Å². The fraction of sp³-hybridized carbons (Fsp3) is 0.167. The van der Waals surface area contributed by atoms with Crippen LogP contribution in [-0.2, 0) is 0 Å². The van der Waals surface area contributed by atoms with Crippen LogP contribution >= 0.6 is 11.6 Å². The van der Waals surface area contributed by atoms with Crippen LogP contribution in [0.4, 0.5) is 14.5 Å². The van der Waals surface area contributed by atoms with Crippen LogP contribution < -0.4 is 5.73 Å². The van der Waals surface area contributed by atoms with Crippen molar-refractivity contribution in [1.82, 2.24) is 4.98 Å². The van der Waals surface area contributed by atoms with Crippen LogP contribution in [-0.4, -0.2) is 4.98 Å².